The summed E-state index contributed by atoms with van der Waals surface area (Å²) in [4.78, 5) is 21.6. The number of aromatic amines is 1. The van der Waals surface area contributed by atoms with Crippen LogP contribution >= 0.6 is 0 Å². The predicted octanol–water partition coefficient (Wildman–Crippen LogP) is 3.54. The minimum absolute atomic E-state index is 0.0187. The van der Waals surface area contributed by atoms with Crippen molar-refractivity contribution in [3.63, 3.8) is 0 Å². The molecule has 134 valence electrons. The number of nitrogens with zero attached hydrogens (tertiary/aromatic N) is 2. The Morgan fingerprint density at radius 2 is 2.19 bits per heavy atom. The maximum absolute atomic E-state index is 11.0. The lowest BCUT2D eigenvalue weighted by molar-refractivity contribution is -0.119. The molecule has 2 N–H and O–H groups in total. The molecule has 3 aromatic rings. The smallest absolute Gasteiger partial charge is 0.217 e. The van der Waals surface area contributed by atoms with Gasteiger partial charge in [-0.05, 0) is 42.6 Å². The van der Waals surface area contributed by atoms with Gasteiger partial charge < -0.3 is 10.3 Å². The van der Waals surface area contributed by atoms with Crippen molar-refractivity contribution in [1.29, 1.82) is 0 Å². The number of aromatic nitrogens is 2. The second kappa shape index (κ2) is 7.30. The summed E-state index contributed by atoms with van der Waals surface area (Å²) < 4.78 is 0. The van der Waals surface area contributed by atoms with Crippen LogP contribution in [0, 0.1) is 0 Å². The Bertz CT molecular complexity index is 900. The number of pyridine rings is 1. The first-order valence-corrected chi connectivity index (χ1v) is 9.19. The van der Waals surface area contributed by atoms with Crippen molar-refractivity contribution in [3.05, 3.63) is 65.6 Å². The van der Waals surface area contributed by atoms with Gasteiger partial charge in [-0.2, -0.15) is 0 Å². The molecule has 3 heterocycles. The van der Waals surface area contributed by atoms with Gasteiger partial charge in [0.15, 0.2) is 0 Å². The van der Waals surface area contributed by atoms with Crippen LogP contribution in [0.5, 0.6) is 0 Å². The minimum atomic E-state index is -0.0187. The molecular weight excluding hydrogens is 324 g/mol. The number of likely N-dealkylation sites (tertiary alicyclic amines) is 1. The Morgan fingerprint density at radius 1 is 1.31 bits per heavy atom. The molecule has 1 amide bonds. The molecule has 0 spiro atoms. The van der Waals surface area contributed by atoms with E-state index in [1.54, 1.807) is 0 Å². The molecule has 2 aromatic heterocycles. The molecule has 26 heavy (non-hydrogen) atoms. The maximum atomic E-state index is 11.0. The van der Waals surface area contributed by atoms with Gasteiger partial charge in [-0.15, -0.1) is 0 Å². The highest BCUT2D eigenvalue weighted by Crippen LogP contribution is 2.33. The lowest BCUT2D eigenvalue weighted by Gasteiger charge is -2.24. The summed E-state index contributed by atoms with van der Waals surface area (Å²) in [7, 11) is 0. The Hall–Kier alpha value is -2.66. The lowest BCUT2D eigenvalue weighted by atomic mass is 10.1. The molecule has 1 aliphatic rings. The molecule has 1 aliphatic heterocycles. The fourth-order valence-electron chi connectivity index (χ4n) is 3.80. The Balaban J connectivity index is 1.48. The van der Waals surface area contributed by atoms with Gasteiger partial charge in [0, 0.05) is 43.3 Å². The minimum Gasteiger partial charge on any atom is -0.361 e. The first-order valence-electron chi connectivity index (χ1n) is 9.19. The van der Waals surface area contributed by atoms with Gasteiger partial charge in [0.1, 0.15) is 0 Å². The molecular formula is C21H24N4O. The number of amides is 1. The zero-order valence-electron chi connectivity index (χ0n) is 15.0. The number of benzene rings is 1. The third-order valence-corrected chi connectivity index (χ3v) is 5.14. The topological polar surface area (TPSA) is 61.0 Å². The summed E-state index contributed by atoms with van der Waals surface area (Å²) >= 11 is 0. The highest BCUT2D eigenvalue weighted by Gasteiger charge is 2.27. The quantitative estimate of drug-likeness (QED) is 0.741. The molecule has 0 radical (unpaired) electrons. The normalized spacial score (nSPS) is 17.7. The molecule has 0 bridgehead atoms. The van der Waals surface area contributed by atoms with E-state index in [2.05, 4.69) is 62.8 Å². The molecule has 1 atom stereocenters. The number of fused-ring (bicyclic) bond motifs is 1. The van der Waals surface area contributed by atoms with Gasteiger partial charge in [-0.25, -0.2) is 0 Å². The van der Waals surface area contributed by atoms with E-state index in [1.807, 2.05) is 6.20 Å². The molecule has 1 fully saturated rings. The average Bonchev–Trinajstić information content (AvgIpc) is 3.28. The van der Waals surface area contributed by atoms with E-state index in [4.69, 9.17) is 0 Å². The van der Waals surface area contributed by atoms with Crippen molar-refractivity contribution in [2.75, 3.05) is 6.54 Å². The number of carbonyl (C=O) groups is 1. The van der Waals surface area contributed by atoms with Crippen LogP contribution in [0.3, 0.4) is 0 Å². The highest BCUT2D eigenvalue weighted by atomic mass is 16.1. The zero-order chi connectivity index (χ0) is 17.9. The Kier molecular flexibility index (Phi) is 4.71. The van der Waals surface area contributed by atoms with Crippen LogP contribution in [0.2, 0.25) is 0 Å². The molecule has 0 saturated carbocycles. The maximum Gasteiger partial charge on any atom is 0.217 e. The van der Waals surface area contributed by atoms with Crippen molar-refractivity contribution in [2.45, 2.75) is 38.9 Å². The fourth-order valence-corrected chi connectivity index (χ4v) is 3.80. The number of para-hydroxylation sites is 1. The molecule has 1 aromatic carbocycles. The van der Waals surface area contributed by atoms with Crippen LogP contribution in [-0.2, 0) is 17.9 Å². The summed E-state index contributed by atoms with van der Waals surface area (Å²) in [6, 6.07) is 13.0. The predicted molar refractivity (Wildman–Crippen MR) is 102 cm³/mol. The van der Waals surface area contributed by atoms with E-state index in [9.17, 15) is 4.79 Å². The highest BCUT2D eigenvalue weighted by molar-refractivity contribution is 5.83. The second-order valence-electron chi connectivity index (χ2n) is 6.99. The van der Waals surface area contributed by atoms with Crippen LogP contribution in [0.15, 0.2) is 48.8 Å². The second-order valence-corrected chi connectivity index (χ2v) is 6.99. The third-order valence-electron chi connectivity index (χ3n) is 5.14. The van der Waals surface area contributed by atoms with Gasteiger partial charge in [0.25, 0.3) is 0 Å². The van der Waals surface area contributed by atoms with Crippen LogP contribution in [0.1, 0.15) is 42.6 Å². The molecule has 4 rings (SSSR count). The number of hydrogen-bond acceptors (Lipinski definition) is 3. The Morgan fingerprint density at radius 3 is 3.00 bits per heavy atom. The first kappa shape index (κ1) is 16.8. The fraction of sp³-hybridized carbons (Fsp3) is 0.333. The zero-order valence-corrected chi connectivity index (χ0v) is 15.0. The number of rotatable bonds is 5. The largest absolute Gasteiger partial charge is 0.361 e. The third kappa shape index (κ3) is 3.48. The van der Waals surface area contributed by atoms with E-state index >= 15 is 0 Å². The SMILES string of the molecule is CC(=O)NCc1ccc(C2CCCN2Cc2c[nH]c3ccccc23)nc1. The first-order chi connectivity index (χ1) is 12.7. The van der Waals surface area contributed by atoms with Crippen LogP contribution < -0.4 is 5.32 Å². The number of hydrogen-bond donors (Lipinski definition) is 2. The summed E-state index contributed by atoms with van der Waals surface area (Å²) in [6.45, 7) is 4.10. The number of H-pyrrole nitrogens is 1. The van der Waals surface area contributed by atoms with E-state index in [-0.39, 0.29) is 5.91 Å². The van der Waals surface area contributed by atoms with Gasteiger partial charge in [0.05, 0.1) is 11.7 Å². The van der Waals surface area contributed by atoms with Gasteiger partial charge >= 0.3 is 0 Å². The van der Waals surface area contributed by atoms with Crippen LogP contribution in [-0.4, -0.2) is 27.3 Å². The van der Waals surface area contributed by atoms with E-state index in [1.165, 1.54) is 29.8 Å². The molecule has 0 aliphatic carbocycles. The average molecular weight is 348 g/mol. The molecule has 1 unspecified atom stereocenters. The van der Waals surface area contributed by atoms with Crippen molar-refractivity contribution in [3.8, 4) is 0 Å². The van der Waals surface area contributed by atoms with Gasteiger partial charge in [-0.1, -0.05) is 24.3 Å². The summed E-state index contributed by atoms with van der Waals surface area (Å²) in [5, 5.41) is 4.12. The van der Waals surface area contributed by atoms with Gasteiger partial charge in [-0.3, -0.25) is 14.7 Å². The number of nitrogens with one attached hydrogen (secondary N) is 2. The summed E-state index contributed by atoms with van der Waals surface area (Å²) in [6.07, 6.45) is 6.35. The summed E-state index contributed by atoms with van der Waals surface area (Å²) in [5.74, 6) is -0.0187. The van der Waals surface area contributed by atoms with Gasteiger partial charge in [0.2, 0.25) is 5.91 Å². The van der Waals surface area contributed by atoms with E-state index in [0.717, 1.165) is 30.8 Å². The van der Waals surface area contributed by atoms with Crippen LogP contribution in [0.4, 0.5) is 0 Å². The molecule has 5 nitrogen and oxygen atoms in total. The Labute approximate surface area is 153 Å². The van der Waals surface area contributed by atoms with Crippen LogP contribution in [0.25, 0.3) is 10.9 Å². The van der Waals surface area contributed by atoms with E-state index in [0.29, 0.717) is 12.6 Å². The van der Waals surface area contributed by atoms with Crippen molar-refractivity contribution >= 4 is 16.8 Å². The van der Waals surface area contributed by atoms with Crippen molar-refractivity contribution in [1.82, 2.24) is 20.2 Å². The monoisotopic (exact) mass is 348 g/mol. The standard InChI is InChI=1S/C21H24N4O/c1-15(26)22-11-16-8-9-20(23-12-16)21-7-4-10-25(21)14-17-13-24-19-6-3-2-5-18(17)19/h2-3,5-6,8-9,12-13,21,24H,4,7,10-11,14H2,1H3,(H,22,26). The number of carbonyl (C=O) groups excluding carboxylic acids is 1. The molecule has 5 heteroatoms. The summed E-state index contributed by atoms with van der Waals surface area (Å²) in [5.41, 5.74) is 4.69. The van der Waals surface area contributed by atoms with Crippen molar-refractivity contribution in [2.24, 2.45) is 0 Å². The van der Waals surface area contributed by atoms with Crippen molar-refractivity contribution < 1.29 is 4.79 Å². The molecule has 1 saturated heterocycles. The lowest BCUT2D eigenvalue weighted by Crippen LogP contribution is -2.23. The van der Waals surface area contributed by atoms with E-state index < -0.39 is 0 Å².